The molecule has 0 aromatic carbocycles. The van der Waals surface area contributed by atoms with Crippen molar-refractivity contribution >= 4 is 20.5 Å². The minimum Gasteiger partial charge on any atom is -0.288 e. The molecule has 0 saturated carbocycles. The standard InChI is InChI=1S/C9H18BNS/c1-7(10)9-3-5-11(6-4-9)8(2)12/h3,7-8,12H,4-6,10H2,1-2H3. The Morgan fingerprint density at radius 2 is 2.25 bits per heavy atom. The molecule has 1 aliphatic rings. The Morgan fingerprint density at radius 1 is 1.58 bits per heavy atom. The number of hydrogen-bond donors (Lipinski definition) is 1. The molecule has 1 rings (SSSR count). The monoisotopic (exact) mass is 183 g/mol. The first-order valence-corrected chi connectivity index (χ1v) is 5.24. The first kappa shape index (κ1) is 10.2. The van der Waals surface area contributed by atoms with Crippen molar-refractivity contribution in [3.63, 3.8) is 0 Å². The molecule has 0 aromatic heterocycles. The van der Waals surface area contributed by atoms with E-state index in [0.717, 1.165) is 12.4 Å². The van der Waals surface area contributed by atoms with Crippen molar-refractivity contribution in [2.75, 3.05) is 13.1 Å². The molecule has 0 aromatic rings. The van der Waals surface area contributed by atoms with Gasteiger partial charge in [-0.25, -0.2) is 0 Å². The summed E-state index contributed by atoms with van der Waals surface area (Å²) in [7, 11) is 2.27. The third-order valence-corrected chi connectivity index (χ3v) is 2.87. The van der Waals surface area contributed by atoms with Crippen LogP contribution in [0.2, 0.25) is 5.82 Å². The molecule has 1 heterocycles. The molecule has 1 nitrogen and oxygen atoms in total. The van der Waals surface area contributed by atoms with Crippen LogP contribution in [0.3, 0.4) is 0 Å². The van der Waals surface area contributed by atoms with E-state index in [4.69, 9.17) is 0 Å². The van der Waals surface area contributed by atoms with Gasteiger partial charge in [-0.15, -0.1) is 0 Å². The van der Waals surface area contributed by atoms with Crippen LogP contribution in [0, 0.1) is 0 Å². The van der Waals surface area contributed by atoms with Gasteiger partial charge in [0.25, 0.3) is 0 Å². The molecule has 68 valence electrons. The van der Waals surface area contributed by atoms with Gasteiger partial charge in [-0.2, -0.15) is 12.6 Å². The van der Waals surface area contributed by atoms with E-state index >= 15 is 0 Å². The molecule has 3 heteroatoms. The molecule has 0 bridgehead atoms. The average Bonchev–Trinajstić information content (AvgIpc) is 2.04. The number of hydrogen-bond acceptors (Lipinski definition) is 2. The Hall–Kier alpha value is 0.115. The zero-order chi connectivity index (χ0) is 9.14. The van der Waals surface area contributed by atoms with Crippen molar-refractivity contribution in [2.45, 2.75) is 31.5 Å². The van der Waals surface area contributed by atoms with E-state index in [1.165, 1.54) is 13.0 Å². The molecule has 0 saturated heterocycles. The summed E-state index contributed by atoms with van der Waals surface area (Å²) in [5, 5.41) is 0.398. The normalized spacial score (nSPS) is 24.8. The Bertz CT molecular complexity index is 177. The molecular weight excluding hydrogens is 165 g/mol. The van der Waals surface area contributed by atoms with Gasteiger partial charge in [-0.1, -0.05) is 24.4 Å². The third-order valence-electron chi connectivity index (χ3n) is 2.55. The molecule has 0 aliphatic carbocycles. The summed E-state index contributed by atoms with van der Waals surface area (Å²) in [4.78, 5) is 2.38. The molecule has 12 heavy (non-hydrogen) atoms. The highest BCUT2D eigenvalue weighted by molar-refractivity contribution is 7.80. The summed E-state index contributed by atoms with van der Waals surface area (Å²) < 4.78 is 0. The van der Waals surface area contributed by atoms with Gasteiger partial charge < -0.3 is 0 Å². The Labute approximate surface area is 82.0 Å². The van der Waals surface area contributed by atoms with Crippen molar-refractivity contribution in [1.82, 2.24) is 4.90 Å². The second-order valence-corrected chi connectivity index (χ2v) is 4.56. The van der Waals surface area contributed by atoms with Gasteiger partial charge in [0.2, 0.25) is 0 Å². The summed E-state index contributed by atoms with van der Waals surface area (Å²) in [5.41, 5.74) is 1.61. The first-order valence-electron chi connectivity index (χ1n) is 4.72. The highest BCUT2D eigenvalue weighted by atomic mass is 32.1. The van der Waals surface area contributed by atoms with Crippen molar-refractivity contribution < 1.29 is 0 Å². The minimum absolute atomic E-state index is 0.398. The fourth-order valence-corrected chi connectivity index (χ4v) is 1.77. The van der Waals surface area contributed by atoms with Crippen LogP contribution in [-0.2, 0) is 0 Å². The van der Waals surface area contributed by atoms with Gasteiger partial charge in [-0.05, 0) is 13.3 Å². The molecule has 0 N–H and O–H groups in total. The lowest BCUT2D eigenvalue weighted by molar-refractivity contribution is 0.287. The van der Waals surface area contributed by atoms with E-state index in [9.17, 15) is 0 Å². The van der Waals surface area contributed by atoms with Crippen molar-refractivity contribution in [3.8, 4) is 0 Å². The molecule has 2 atom stereocenters. The summed E-state index contributed by atoms with van der Waals surface area (Å²) in [5.74, 6) is 0.724. The van der Waals surface area contributed by atoms with Gasteiger partial charge in [0.1, 0.15) is 7.85 Å². The van der Waals surface area contributed by atoms with Crippen molar-refractivity contribution in [2.24, 2.45) is 0 Å². The van der Waals surface area contributed by atoms with E-state index in [2.05, 4.69) is 45.3 Å². The average molecular weight is 183 g/mol. The van der Waals surface area contributed by atoms with Gasteiger partial charge in [-0.3, -0.25) is 4.90 Å². The lowest BCUT2D eigenvalue weighted by Crippen LogP contribution is -2.33. The lowest BCUT2D eigenvalue weighted by atomic mass is 9.80. The van der Waals surface area contributed by atoms with Crippen molar-refractivity contribution in [3.05, 3.63) is 11.6 Å². The Kier molecular flexibility index (Phi) is 3.72. The van der Waals surface area contributed by atoms with E-state index < -0.39 is 0 Å². The van der Waals surface area contributed by atoms with Gasteiger partial charge in [0.05, 0.1) is 5.37 Å². The third kappa shape index (κ3) is 2.56. The fourth-order valence-electron chi connectivity index (χ4n) is 1.56. The molecular formula is C9H18BNS. The highest BCUT2D eigenvalue weighted by Crippen LogP contribution is 2.22. The molecule has 0 spiro atoms. The van der Waals surface area contributed by atoms with E-state index in [1.54, 1.807) is 5.57 Å². The lowest BCUT2D eigenvalue weighted by Gasteiger charge is -2.30. The Morgan fingerprint density at radius 3 is 2.58 bits per heavy atom. The topological polar surface area (TPSA) is 3.24 Å². The second-order valence-electron chi connectivity index (χ2n) is 3.81. The highest BCUT2D eigenvalue weighted by Gasteiger charge is 2.15. The van der Waals surface area contributed by atoms with Crippen LogP contribution in [0.1, 0.15) is 20.3 Å². The summed E-state index contributed by atoms with van der Waals surface area (Å²) in [6.07, 6.45) is 3.59. The minimum atomic E-state index is 0.398. The maximum absolute atomic E-state index is 4.42. The maximum Gasteiger partial charge on any atom is 0.110 e. The van der Waals surface area contributed by atoms with Crippen LogP contribution in [-0.4, -0.2) is 31.2 Å². The van der Waals surface area contributed by atoms with Gasteiger partial charge >= 0.3 is 0 Å². The SMILES string of the molecule is BC(C)C1=CCN(C(C)S)CC1. The van der Waals surface area contributed by atoms with E-state index in [1.807, 2.05) is 0 Å². The van der Waals surface area contributed by atoms with Crippen LogP contribution in [0.4, 0.5) is 0 Å². The van der Waals surface area contributed by atoms with Crippen LogP contribution in [0.5, 0.6) is 0 Å². The number of rotatable bonds is 2. The molecule has 0 radical (unpaired) electrons. The second kappa shape index (κ2) is 4.38. The predicted molar refractivity (Wildman–Crippen MR) is 60.7 cm³/mol. The number of thiol groups is 1. The van der Waals surface area contributed by atoms with E-state index in [-0.39, 0.29) is 0 Å². The summed E-state index contributed by atoms with van der Waals surface area (Å²) in [6.45, 7) is 6.66. The molecule has 0 amide bonds. The summed E-state index contributed by atoms with van der Waals surface area (Å²) in [6, 6.07) is 0. The van der Waals surface area contributed by atoms with Crippen LogP contribution in [0.25, 0.3) is 0 Å². The van der Waals surface area contributed by atoms with E-state index in [0.29, 0.717) is 5.37 Å². The van der Waals surface area contributed by atoms with Crippen LogP contribution >= 0.6 is 12.6 Å². The largest absolute Gasteiger partial charge is 0.288 e. The maximum atomic E-state index is 4.42. The van der Waals surface area contributed by atoms with Crippen LogP contribution in [0.15, 0.2) is 11.6 Å². The first-order chi connectivity index (χ1) is 5.61. The zero-order valence-electron chi connectivity index (χ0n) is 8.25. The fraction of sp³-hybridized carbons (Fsp3) is 0.778. The molecule has 2 unspecified atom stereocenters. The number of nitrogens with zero attached hydrogens (tertiary/aromatic N) is 1. The van der Waals surface area contributed by atoms with Gasteiger partial charge in [0.15, 0.2) is 0 Å². The van der Waals surface area contributed by atoms with Gasteiger partial charge in [0, 0.05) is 13.1 Å². The molecule has 0 fully saturated rings. The molecule has 1 aliphatic heterocycles. The van der Waals surface area contributed by atoms with Crippen molar-refractivity contribution in [1.29, 1.82) is 0 Å². The van der Waals surface area contributed by atoms with Crippen LogP contribution < -0.4 is 0 Å². The Balaban J connectivity index is 2.47. The zero-order valence-corrected chi connectivity index (χ0v) is 9.14. The smallest absolute Gasteiger partial charge is 0.110 e. The summed E-state index contributed by atoms with van der Waals surface area (Å²) >= 11 is 4.42. The predicted octanol–water partition coefficient (Wildman–Crippen LogP) is 1.34. The quantitative estimate of drug-likeness (QED) is 0.384.